The molecule has 0 spiro atoms. The molecule has 0 aliphatic carbocycles. The number of H-pyrrole nitrogens is 1. The van der Waals surface area contributed by atoms with Gasteiger partial charge < -0.3 is 20.3 Å². The van der Waals surface area contributed by atoms with Crippen molar-refractivity contribution in [2.45, 2.75) is 43.2 Å². The lowest BCUT2D eigenvalue weighted by Crippen LogP contribution is -2.43. The van der Waals surface area contributed by atoms with Crippen LogP contribution in [0, 0.1) is 11.6 Å². The van der Waals surface area contributed by atoms with Gasteiger partial charge in [0.15, 0.2) is 5.78 Å². The third-order valence-corrected chi connectivity index (χ3v) is 9.98. The summed E-state index contributed by atoms with van der Waals surface area (Å²) in [5.74, 6) is -2.07. The molecule has 3 aromatic rings. The lowest BCUT2D eigenvalue weighted by atomic mass is 9.98. The Morgan fingerprint density at radius 1 is 1.05 bits per heavy atom. The van der Waals surface area contributed by atoms with Crippen LogP contribution in [0.1, 0.15) is 40.2 Å². The minimum Gasteiger partial charge on any atom is -0.381 e. The van der Waals surface area contributed by atoms with Gasteiger partial charge in [0.2, 0.25) is 10.0 Å². The summed E-state index contributed by atoms with van der Waals surface area (Å²) in [5.41, 5.74) is 4.20. The summed E-state index contributed by atoms with van der Waals surface area (Å²) in [6.07, 6.45) is 2.00. The van der Waals surface area contributed by atoms with Gasteiger partial charge in [-0.1, -0.05) is 0 Å². The number of aromatic amines is 1. The first kappa shape index (κ1) is 28.7. The lowest BCUT2D eigenvalue weighted by molar-refractivity contribution is 0.0904. The van der Waals surface area contributed by atoms with Gasteiger partial charge in [0.05, 0.1) is 17.0 Å². The maximum Gasteiger partial charge on any atom is 0.243 e. The Bertz CT molecular complexity index is 1550. The summed E-state index contributed by atoms with van der Waals surface area (Å²) < 4.78 is 60.8. The first-order valence-electron chi connectivity index (χ1n) is 14.3. The fourth-order valence-electron chi connectivity index (χ4n) is 5.83. The van der Waals surface area contributed by atoms with Gasteiger partial charge in [-0.25, -0.2) is 17.2 Å². The second kappa shape index (κ2) is 12.1. The van der Waals surface area contributed by atoms with Gasteiger partial charge in [0.25, 0.3) is 0 Å². The number of halogens is 2. The van der Waals surface area contributed by atoms with E-state index in [-0.39, 0.29) is 31.3 Å². The molecule has 3 N–H and O–H groups in total. The number of nitrogens with one attached hydrogen (secondary N) is 3. The van der Waals surface area contributed by atoms with Crippen LogP contribution in [-0.2, 0) is 34.1 Å². The van der Waals surface area contributed by atoms with Crippen LogP contribution in [0.2, 0.25) is 0 Å². The van der Waals surface area contributed by atoms with Crippen LogP contribution >= 0.6 is 0 Å². The molecule has 4 heterocycles. The highest BCUT2D eigenvalue weighted by Gasteiger charge is 2.32. The molecule has 0 radical (unpaired) electrons. The number of fused-ring (bicyclic) bond motifs is 1. The molecule has 3 aliphatic rings. The van der Waals surface area contributed by atoms with Crippen molar-refractivity contribution in [2.24, 2.45) is 0 Å². The number of nitrogens with zero attached hydrogens (tertiary/aromatic N) is 3. The molecule has 10 nitrogen and oxygen atoms in total. The summed E-state index contributed by atoms with van der Waals surface area (Å²) >= 11 is 0. The van der Waals surface area contributed by atoms with Gasteiger partial charge in [-0.2, -0.15) is 9.40 Å². The summed E-state index contributed by atoms with van der Waals surface area (Å²) in [5, 5.41) is 14.3. The second-order valence-electron chi connectivity index (χ2n) is 10.9. The Labute approximate surface area is 243 Å². The van der Waals surface area contributed by atoms with E-state index >= 15 is 0 Å². The monoisotopic (exact) mass is 600 g/mol. The number of aromatic nitrogens is 2. The molecule has 3 aliphatic heterocycles. The first-order valence-corrected chi connectivity index (χ1v) is 15.7. The van der Waals surface area contributed by atoms with Gasteiger partial charge in [-0.15, -0.1) is 0 Å². The fraction of sp³-hybridized carbons (Fsp3) is 0.448. The zero-order valence-electron chi connectivity index (χ0n) is 23.2. The highest BCUT2D eigenvalue weighted by atomic mass is 32.2. The van der Waals surface area contributed by atoms with E-state index in [1.54, 1.807) is 0 Å². The summed E-state index contributed by atoms with van der Waals surface area (Å²) in [6.45, 7) is 4.96. The summed E-state index contributed by atoms with van der Waals surface area (Å²) in [4.78, 5) is 15.6. The first-order chi connectivity index (χ1) is 20.3. The van der Waals surface area contributed by atoms with Crippen LogP contribution in [0.15, 0.2) is 41.3 Å². The Hall–Kier alpha value is -3.39. The van der Waals surface area contributed by atoms with Crippen molar-refractivity contribution in [3.05, 3.63) is 70.5 Å². The number of Topliss-reactive ketones (excluding diaryl/α,β-unsaturated/α-hetero) is 1. The zero-order chi connectivity index (χ0) is 29.3. The van der Waals surface area contributed by atoms with Crippen LogP contribution < -0.4 is 15.5 Å². The van der Waals surface area contributed by atoms with Crippen LogP contribution in [0.4, 0.5) is 20.2 Å². The van der Waals surface area contributed by atoms with Crippen LogP contribution in [0.5, 0.6) is 0 Å². The molecule has 2 aromatic carbocycles. The predicted molar refractivity (Wildman–Crippen MR) is 153 cm³/mol. The SMILES string of the molecule is O=C(Cc1n[nH]c2c1CN(S(=O)(=O)c1cc(F)cc(F)c1)CC2)c1ccc(N2CCNCC2)cc1NC1CCOCC1. The Kier molecular flexibility index (Phi) is 8.26. The molecule has 0 atom stereocenters. The van der Waals surface area contributed by atoms with E-state index in [9.17, 15) is 22.0 Å². The number of piperazine rings is 1. The largest absolute Gasteiger partial charge is 0.381 e. The third-order valence-electron chi connectivity index (χ3n) is 8.15. The van der Waals surface area contributed by atoms with Crippen molar-refractivity contribution in [3.8, 4) is 0 Å². The maximum absolute atomic E-state index is 13.8. The number of hydrogen-bond acceptors (Lipinski definition) is 8. The minimum absolute atomic E-state index is 0.0241. The number of benzene rings is 2. The number of sulfonamides is 1. The van der Waals surface area contributed by atoms with E-state index in [2.05, 4.69) is 25.7 Å². The molecule has 0 unspecified atom stereocenters. The van der Waals surface area contributed by atoms with E-state index in [0.29, 0.717) is 42.5 Å². The van der Waals surface area contributed by atoms with Crippen LogP contribution in [-0.4, -0.2) is 80.7 Å². The topological polar surface area (TPSA) is 120 Å². The molecule has 2 fully saturated rings. The molecule has 6 rings (SSSR count). The molecule has 0 bridgehead atoms. The van der Waals surface area contributed by atoms with Gasteiger partial charge in [-0.05, 0) is 43.2 Å². The van der Waals surface area contributed by atoms with E-state index in [1.165, 1.54) is 4.31 Å². The van der Waals surface area contributed by atoms with E-state index < -0.39 is 26.6 Å². The minimum atomic E-state index is -4.17. The molecule has 1 aromatic heterocycles. The Morgan fingerprint density at radius 3 is 2.52 bits per heavy atom. The van der Waals surface area contributed by atoms with Crippen molar-refractivity contribution >= 4 is 27.2 Å². The number of ketones is 1. The molecule has 0 amide bonds. The zero-order valence-corrected chi connectivity index (χ0v) is 24.0. The molecule has 42 heavy (non-hydrogen) atoms. The maximum atomic E-state index is 13.8. The van der Waals surface area contributed by atoms with Gasteiger partial charge in [0, 0.05) is 99.2 Å². The molecular formula is C29H34F2N6O4S. The molecule has 0 saturated carbocycles. The number of hydrogen-bond donors (Lipinski definition) is 3. The van der Waals surface area contributed by atoms with Crippen molar-refractivity contribution in [1.82, 2.24) is 19.8 Å². The van der Waals surface area contributed by atoms with Crippen molar-refractivity contribution < 1.29 is 26.7 Å². The Morgan fingerprint density at radius 2 is 1.79 bits per heavy atom. The van der Waals surface area contributed by atoms with E-state index in [4.69, 9.17) is 4.74 Å². The van der Waals surface area contributed by atoms with E-state index in [1.807, 2.05) is 18.2 Å². The smallest absolute Gasteiger partial charge is 0.243 e. The number of ether oxygens (including phenoxy) is 1. The average molecular weight is 601 g/mol. The fourth-order valence-corrected chi connectivity index (χ4v) is 7.28. The number of rotatable bonds is 8. The van der Waals surface area contributed by atoms with Gasteiger partial charge in [-0.3, -0.25) is 9.89 Å². The third kappa shape index (κ3) is 6.05. The van der Waals surface area contributed by atoms with Crippen molar-refractivity contribution in [1.29, 1.82) is 0 Å². The molecule has 2 saturated heterocycles. The highest BCUT2D eigenvalue weighted by Crippen LogP contribution is 2.30. The van der Waals surface area contributed by atoms with Crippen LogP contribution in [0.3, 0.4) is 0 Å². The summed E-state index contributed by atoms with van der Waals surface area (Å²) in [7, 11) is -4.17. The normalized spacial score (nSPS) is 18.6. The number of carbonyl (C=O) groups is 1. The predicted octanol–water partition coefficient (Wildman–Crippen LogP) is 2.86. The average Bonchev–Trinajstić information content (AvgIpc) is 3.39. The lowest BCUT2D eigenvalue weighted by Gasteiger charge is -2.31. The Balaban J connectivity index is 1.24. The van der Waals surface area contributed by atoms with Crippen LogP contribution in [0.25, 0.3) is 0 Å². The number of anilines is 2. The number of carbonyl (C=O) groups excluding carboxylic acids is 1. The van der Waals surface area contributed by atoms with Gasteiger partial charge >= 0.3 is 0 Å². The highest BCUT2D eigenvalue weighted by molar-refractivity contribution is 7.89. The standard InChI is InChI=1S/C29H34F2N6O4S/c30-19-13-20(31)15-23(14-19)42(39,40)37-8-3-26-25(18-37)28(35-34-26)17-29(38)24-2-1-22(36-9-6-32-7-10-36)16-27(24)33-21-4-11-41-12-5-21/h1-2,13-16,21,32-33H,3-12,17-18H2,(H,34,35). The molecule has 13 heteroatoms. The second-order valence-corrected chi connectivity index (χ2v) is 12.9. The molecule has 224 valence electrons. The molecular weight excluding hydrogens is 566 g/mol. The van der Waals surface area contributed by atoms with E-state index in [0.717, 1.165) is 68.2 Å². The van der Waals surface area contributed by atoms with Crippen molar-refractivity contribution in [3.63, 3.8) is 0 Å². The van der Waals surface area contributed by atoms with Gasteiger partial charge in [0.1, 0.15) is 11.6 Å². The van der Waals surface area contributed by atoms with Crippen molar-refractivity contribution in [2.75, 3.05) is 56.2 Å². The summed E-state index contributed by atoms with van der Waals surface area (Å²) in [6, 6.07) is 8.31. The quantitative estimate of drug-likeness (QED) is 0.338.